The van der Waals surface area contributed by atoms with Crippen molar-refractivity contribution in [1.82, 2.24) is 10.2 Å². The number of nitrogens with one attached hydrogen (secondary N) is 1. The van der Waals surface area contributed by atoms with E-state index in [2.05, 4.69) is 5.32 Å². The lowest BCUT2D eigenvalue weighted by atomic mass is 9.91. The Morgan fingerprint density at radius 2 is 1.74 bits per heavy atom. The summed E-state index contributed by atoms with van der Waals surface area (Å²) in [6.45, 7) is 8.19. The SMILES string of the molecule is CNC(C=O)N1C=CSC(=Cc2cc(C(C)C)c(O)c(C(C)C)c2)C1C=O. The molecule has 0 spiro atoms. The number of nitrogens with zero attached hydrogens (tertiary/aromatic N) is 1. The first-order valence-corrected chi connectivity index (χ1v) is 9.99. The molecule has 0 saturated carbocycles. The van der Waals surface area contributed by atoms with Gasteiger partial charge in [-0.05, 0) is 59.2 Å². The number of aromatic hydroxyl groups is 1. The molecule has 0 fully saturated rings. The van der Waals surface area contributed by atoms with Gasteiger partial charge in [0.25, 0.3) is 0 Å². The van der Waals surface area contributed by atoms with Crippen LogP contribution in [-0.2, 0) is 9.59 Å². The summed E-state index contributed by atoms with van der Waals surface area (Å²) in [5.74, 6) is 0.715. The van der Waals surface area contributed by atoms with Gasteiger partial charge in [0, 0.05) is 11.1 Å². The molecule has 1 aromatic carbocycles. The number of benzene rings is 1. The van der Waals surface area contributed by atoms with Gasteiger partial charge in [-0.3, -0.25) is 10.1 Å². The lowest BCUT2D eigenvalue weighted by Gasteiger charge is -2.34. The molecule has 0 bridgehead atoms. The second-order valence-electron chi connectivity index (χ2n) is 7.20. The lowest BCUT2D eigenvalue weighted by molar-refractivity contribution is -0.115. The molecule has 5 nitrogen and oxygen atoms in total. The Morgan fingerprint density at radius 3 is 2.19 bits per heavy atom. The van der Waals surface area contributed by atoms with Crippen molar-refractivity contribution < 1.29 is 14.7 Å². The van der Waals surface area contributed by atoms with E-state index in [9.17, 15) is 14.7 Å². The highest BCUT2D eigenvalue weighted by atomic mass is 32.2. The Bertz CT molecular complexity index is 727. The number of aldehydes is 2. The number of thioether (sulfide) groups is 1. The van der Waals surface area contributed by atoms with Gasteiger partial charge in [0.2, 0.25) is 0 Å². The molecule has 1 aromatic rings. The van der Waals surface area contributed by atoms with E-state index in [4.69, 9.17) is 0 Å². The van der Waals surface area contributed by atoms with Crippen molar-refractivity contribution >= 4 is 30.4 Å². The zero-order chi connectivity index (χ0) is 20.1. The quantitative estimate of drug-likeness (QED) is 0.692. The largest absolute Gasteiger partial charge is 0.507 e. The summed E-state index contributed by atoms with van der Waals surface area (Å²) in [4.78, 5) is 25.7. The van der Waals surface area contributed by atoms with Crippen LogP contribution < -0.4 is 5.32 Å². The van der Waals surface area contributed by atoms with Crippen LogP contribution in [-0.4, -0.2) is 41.8 Å². The van der Waals surface area contributed by atoms with Crippen LogP contribution in [0.2, 0.25) is 0 Å². The molecule has 0 aliphatic carbocycles. The summed E-state index contributed by atoms with van der Waals surface area (Å²) in [5, 5.41) is 15.4. The smallest absolute Gasteiger partial charge is 0.157 e. The molecule has 2 unspecified atom stereocenters. The molecule has 0 radical (unpaired) electrons. The Balaban J connectivity index is 2.52. The van der Waals surface area contributed by atoms with Crippen LogP contribution in [0.25, 0.3) is 6.08 Å². The van der Waals surface area contributed by atoms with Gasteiger partial charge < -0.3 is 14.8 Å². The lowest BCUT2D eigenvalue weighted by Crippen LogP contribution is -2.49. The predicted molar refractivity (Wildman–Crippen MR) is 112 cm³/mol. The molecule has 1 aliphatic heterocycles. The summed E-state index contributed by atoms with van der Waals surface area (Å²) < 4.78 is 0. The van der Waals surface area contributed by atoms with Crippen molar-refractivity contribution in [3.05, 3.63) is 45.3 Å². The molecule has 6 heteroatoms. The second-order valence-corrected chi connectivity index (χ2v) is 8.18. The zero-order valence-electron chi connectivity index (χ0n) is 16.5. The first kappa shape index (κ1) is 21.3. The molecule has 1 aliphatic rings. The molecule has 146 valence electrons. The van der Waals surface area contributed by atoms with E-state index >= 15 is 0 Å². The van der Waals surface area contributed by atoms with Crippen LogP contribution in [0.5, 0.6) is 5.75 Å². The molecular weight excluding hydrogens is 360 g/mol. The van der Waals surface area contributed by atoms with Gasteiger partial charge in [0.05, 0.1) is 0 Å². The first-order valence-electron chi connectivity index (χ1n) is 9.11. The highest BCUT2D eigenvalue weighted by molar-refractivity contribution is 8.06. The number of carbonyl (C=O) groups excluding carboxylic acids is 2. The fourth-order valence-electron chi connectivity index (χ4n) is 3.13. The van der Waals surface area contributed by atoms with E-state index in [1.807, 2.05) is 51.3 Å². The van der Waals surface area contributed by atoms with Crippen molar-refractivity contribution in [2.75, 3.05) is 7.05 Å². The predicted octanol–water partition coefficient (Wildman–Crippen LogP) is 3.81. The molecular formula is C21H28N2O3S. The van der Waals surface area contributed by atoms with Crippen LogP contribution in [0, 0.1) is 0 Å². The van der Waals surface area contributed by atoms with Crippen molar-refractivity contribution in [2.45, 2.75) is 51.7 Å². The molecule has 2 rings (SSSR count). The maximum Gasteiger partial charge on any atom is 0.157 e. The summed E-state index contributed by atoms with van der Waals surface area (Å²) in [6, 6.07) is 3.40. The summed E-state index contributed by atoms with van der Waals surface area (Å²) in [6.07, 6.45) is 4.78. The number of hydrogen-bond acceptors (Lipinski definition) is 6. The van der Waals surface area contributed by atoms with Gasteiger partial charge in [-0.1, -0.05) is 39.5 Å². The van der Waals surface area contributed by atoms with E-state index in [1.165, 1.54) is 11.8 Å². The number of hydrogen-bond donors (Lipinski definition) is 2. The summed E-state index contributed by atoms with van der Waals surface area (Å²) in [7, 11) is 1.68. The normalized spacial score (nSPS) is 19.7. The fraction of sp³-hybridized carbons (Fsp3) is 0.429. The van der Waals surface area contributed by atoms with Crippen molar-refractivity contribution in [2.24, 2.45) is 0 Å². The highest BCUT2D eigenvalue weighted by Gasteiger charge is 2.28. The van der Waals surface area contributed by atoms with Crippen LogP contribution in [0.15, 0.2) is 28.6 Å². The minimum absolute atomic E-state index is 0.182. The third-order valence-electron chi connectivity index (χ3n) is 4.67. The molecule has 0 amide bonds. The summed E-state index contributed by atoms with van der Waals surface area (Å²) >= 11 is 1.47. The Morgan fingerprint density at radius 1 is 1.15 bits per heavy atom. The van der Waals surface area contributed by atoms with Crippen molar-refractivity contribution in [3.63, 3.8) is 0 Å². The minimum Gasteiger partial charge on any atom is -0.507 e. The van der Waals surface area contributed by atoms with Gasteiger partial charge in [-0.2, -0.15) is 0 Å². The van der Waals surface area contributed by atoms with Gasteiger partial charge in [0.15, 0.2) is 6.29 Å². The third-order valence-corrected chi connectivity index (χ3v) is 5.56. The molecule has 2 N–H and O–H groups in total. The Hall–Kier alpha value is -2.05. The maximum absolute atomic E-state index is 11.8. The van der Waals surface area contributed by atoms with Crippen LogP contribution in [0.3, 0.4) is 0 Å². The fourth-order valence-corrected chi connectivity index (χ4v) is 4.01. The summed E-state index contributed by atoms with van der Waals surface area (Å²) in [5.41, 5.74) is 2.73. The molecule has 0 aromatic heterocycles. The average Bonchev–Trinajstić information content (AvgIpc) is 2.63. The van der Waals surface area contributed by atoms with Gasteiger partial charge in [0.1, 0.15) is 24.2 Å². The molecule has 1 heterocycles. The number of phenols is 1. The zero-order valence-corrected chi connectivity index (χ0v) is 17.3. The van der Waals surface area contributed by atoms with Crippen LogP contribution >= 0.6 is 11.8 Å². The van der Waals surface area contributed by atoms with Crippen molar-refractivity contribution in [3.8, 4) is 5.75 Å². The minimum atomic E-state index is -0.571. The number of phenolic OH excluding ortho intramolecular Hbond substituents is 1. The number of rotatable bonds is 7. The number of carbonyl (C=O) groups is 2. The molecule has 0 saturated heterocycles. The van der Waals surface area contributed by atoms with Gasteiger partial charge >= 0.3 is 0 Å². The van der Waals surface area contributed by atoms with E-state index < -0.39 is 12.2 Å². The van der Waals surface area contributed by atoms with Gasteiger partial charge in [-0.15, -0.1) is 0 Å². The van der Waals surface area contributed by atoms with E-state index in [0.717, 1.165) is 34.2 Å². The average molecular weight is 389 g/mol. The number of likely N-dealkylation sites (N-methyl/N-ethyl adjacent to an activating group) is 1. The van der Waals surface area contributed by atoms with Gasteiger partial charge in [-0.25, -0.2) is 0 Å². The van der Waals surface area contributed by atoms with Crippen LogP contribution in [0.4, 0.5) is 0 Å². The van der Waals surface area contributed by atoms with E-state index in [-0.39, 0.29) is 11.8 Å². The molecule has 2 atom stereocenters. The Kier molecular flexibility index (Phi) is 7.27. The van der Waals surface area contributed by atoms with Crippen LogP contribution in [0.1, 0.15) is 56.2 Å². The second kappa shape index (κ2) is 9.24. The monoisotopic (exact) mass is 388 g/mol. The topological polar surface area (TPSA) is 69.6 Å². The van der Waals surface area contributed by atoms with E-state index in [0.29, 0.717) is 5.75 Å². The Labute approximate surface area is 165 Å². The molecule has 27 heavy (non-hydrogen) atoms. The highest BCUT2D eigenvalue weighted by Crippen LogP contribution is 2.37. The third kappa shape index (κ3) is 4.62. The standard InChI is InChI=1S/C21H28N2O3S/c1-13(2)16-8-15(9-17(14(3)4)21(16)26)10-19-18(11-24)23(6-7-27-19)20(12-25)22-5/h6-14,18,20,22,26H,1-5H3. The maximum atomic E-state index is 11.8. The van der Waals surface area contributed by atoms with E-state index in [1.54, 1.807) is 18.1 Å². The van der Waals surface area contributed by atoms with Crippen molar-refractivity contribution in [1.29, 1.82) is 0 Å². The first-order chi connectivity index (χ1) is 12.8.